The number of Topliss-reactive ketones (excluding diaryl/α,β-unsaturated/α-hetero) is 1. The number of para-hydroxylation sites is 1. The Balaban J connectivity index is 2.14. The maximum absolute atomic E-state index is 12.8. The van der Waals surface area contributed by atoms with Gasteiger partial charge >= 0.3 is 0 Å². The van der Waals surface area contributed by atoms with Gasteiger partial charge in [0.2, 0.25) is 0 Å². The lowest BCUT2D eigenvalue weighted by Crippen LogP contribution is -2.53. The number of ketones is 1. The molecule has 1 saturated heterocycles. The van der Waals surface area contributed by atoms with Gasteiger partial charge in [-0.15, -0.1) is 0 Å². The van der Waals surface area contributed by atoms with Crippen LogP contribution < -0.4 is 4.74 Å². The van der Waals surface area contributed by atoms with Gasteiger partial charge in [-0.2, -0.15) is 0 Å². The highest BCUT2D eigenvalue weighted by molar-refractivity contribution is 6.02. The summed E-state index contributed by atoms with van der Waals surface area (Å²) in [5, 5.41) is 0. The number of rotatable bonds is 6. The van der Waals surface area contributed by atoms with Crippen LogP contribution in [0, 0.1) is 0 Å². The Kier molecular flexibility index (Phi) is 5.73. The summed E-state index contributed by atoms with van der Waals surface area (Å²) in [6.45, 7) is 3.60. The molecule has 1 heterocycles. The molecule has 0 N–H and O–H groups in total. The lowest BCUT2D eigenvalue weighted by atomic mass is 10.00. The van der Waals surface area contributed by atoms with Crippen molar-refractivity contribution in [2.75, 3.05) is 54.1 Å². The second-order valence-corrected chi connectivity index (χ2v) is 5.46. The zero-order chi connectivity index (χ0) is 15.2. The van der Waals surface area contributed by atoms with Gasteiger partial charge in [0.1, 0.15) is 12.4 Å². The number of carbonyl (C=O) groups excluding carboxylic acids is 1. The lowest BCUT2D eigenvalue weighted by Gasteiger charge is -2.36. The monoisotopic (exact) mass is 292 g/mol. The minimum absolute atomic E-state index is 0.115. The number of piperazine rings is 1. The van der Waals surface area contributed by atoms with Crippen molar-refractivity contribution in [1.82, 2.24) is 9.80 Å². The van der Waals surface area contributed by atoms with E-state index in [9.17, 15) is 4.79 Å². The van der Waals surface area contributed by atoms with E-state index in [1.54, 1.807) is 7.11 Å². The molecule has 1 aliphatic heterocycles. The minimum atomic E-state index is -0.115. The fourth-order valence-electron chi connectivity index (χ4n) is 2.50. The third-order valence-corrected chi connectivity index (χ3v) is 3.85. The van der Waals surface area contributed by atoms with Gasteiger partial charge in [0, 0.05) is 26.7 Å². The van der Waals surface area contributed by atoms with E-state index in [1.165, 1.54) is 0 Å². The standard InChI is InChI=1S/C16H24N2O3/c1-17-8-9-18(2)14(12-17)16(19)13-6-4-5-7-15(13)21-11-10-20-3/h4-7,14H,8-12H2,1-3H3. The molecule has 5 heteroatoms. The Labute approximate surface area is 126 Å². The average molecular weight is 292 g/mol. The van der Waals surface area contributed by atoms with Crippen LogP contribution in [0.1, 0.15) is 10.4 Å². The molecule has 0 bridgehead atoms. The number of hydrogen-bond donors (Lipinski definition) is 0. The van der Waals surface area contributed by atoms with E-state index < -0.39 is 0 Å². The van der Waals surface area contributed by atoms with Crippen molar-refractivity contribution in [3.63, 3.8) is 0 Å². The van der Waals surface area contributed by atoms with E-state index in [-0.39, 0.29) is 11.8 Å². The predicted octanol–water partition coefficient (Wildman–Crippen LogP) is 1.14. The molecule has 1 aromatic rings. The molecule has 0 spiro atoms. The van der Waals surface area contributed by atoms with E-state index >= 15 is 0 Å². The lowest BCUT2D eigenvalue weighted by molar-refractivity contribution is 0.0680. The first-order valence-electron chi connectivity index (χ1n) is 7.27. The Morgan fingerprint density at radius 2 is 2.00 bits per heavy atom. The fourth-order valence-corrected chi connectivity index (χ4v) is 2.50. The summed E-state index contributed by atoms with van der Waals surface area (Å²) in [4.78, 5) is 17.1. The van der Waals surface area contributed by atoms with E-state index in [0.717, 1.165) is 19.6 Å². The summed E-state index contributed by atoms with van der Waals surface area (Å²) in [6.07, 6.45) is 0. The van der Waals surface area contributed by atoms with Crippen LogP contribution in [0.2, 0.25) is 0 Å². The van der Waals surface area contributed by atoms with Crippen molar-refractivity contribution in [3.8, 4) is 5.75 Å². The van der Waals surface area contributed by atoms with Gasteiger partial charge in [0.15, 0.2) is 5.78 Å². The molecular weight excluding hydrogens is 268 g/mol. The van der Waals surface area contributed by atoms with Crippen molar-refractivity contribution in [2.24, 2.45) is 0 Å². The van der Waals surface area contributed by atoms with Gasteiger partial charge in [-0.05, 0) is 26.2 Å². The topological polar surface area (TPSA) is 42.0 Å². The maximum atomic E-state index is 12.8. The third kappa shape index (κ3) is 4.03. The summed E-state index contributed by atoms with van der Waals surface area (Å²) in [6, 6.07) is 7.33. The Hall–Kier alpha value is -1.43. The zero-order valence-corrected chi connectivity index (χ0v) is 13.0. The van der Waals surface area contributed by atoms with Gasteiger partial charge in [-0.3, -0.25) is 9.69 Å². The summed E-state index contributed by atoms with van der Waals surface area (Å²) < 4.78 is 10.7. The largest absolute Gasteiger partial charge is 0.490 e. The number of hydrogen-bond acceptors (Lipinski definition) is 5. The van der Waals surface area contributed by atoms with E-state index in [2.05, 4.69) is 9.80 Å². The molecule has 0 saturated carbocycles. The number of nitrogens with zero attached hydrogens (tertiary/aromatic N) is 2. The maximum Gasteiger partial charge on any atom is 0.184 e. The van der Waals surface area contributed by atoms with Crippen molar-refractivity contribution in [1.29, 1.82) is 0 Å². The zero-order valence-electron chi connectivity index (χ0n) is 13.0. The van der Waals surface area contributed by atoms with Crippen molar-refractivity contribution in [2.45, 2.75) is 6.04 Å². The Bertz CT molecular complexity index is 478. The molecule has 1 aliphatic rings. The predicted molar refractivity (Wildman–Crippen MR) is 82.1 cm³/mol. The summed E-state index contributed by atoms with van der Waals surface area (Å²) in [5.41, 5.74) is 0.653. The van der Waals surface area contributed by atoms with Gasteiger partial charge in [0.05, 0.1) is 18.2 Å². The molecule has 0 amide bonds. The molecule has 1 fully saturated rings. The van der Waals surface area contributed by atoms with Crippen LogP contribution in [-0.4, -0.2) is 75.7 Å². The first-order valence-corrected chi connectivity index (χ1v) is 7.27. The minimum Gasteiger partial charge on any atom is -0.490 e. The van der Waals surface area contributed by atoms with Gasteiger partial charge in [-0.25, -0.2) is 0 Å². The fraction of sp³-hybridized carbons (Fsp3) is 0.562. The molecule has 5 nitrogen and oxygen atoms in total. The van der Waals surface area contributed by atoms with Crippen molar-refractivity contribution in [3.05, 3.63) is 29.8 Å². The first kappa shape index (κ1) is 15.9. The second kappa shape index (κ2) is 7.54. The Morgan fingerprint density at radius 3 is 2.76 bits per heavy atom. The van der Waals surface area contributed by atoms with Crippen LogP contribution in [0.15, 0.2) is 24.3 Å². The Morgan fingerprint density at radius 1 is 1.24 bits per heavy atom. The first-order chi connectivity index (χ1) is 10.1. The third-order valence-electron chi connectivity index (χ3n) is 3.85. The highest BCUT2D eigenvalue weighted by Crippen LogP contribution is 2.22. The van der Waals surface area contributed by atoms with Crippen LogP contribution >= 0.6 is 0 Å². The number of carbonyl (C=O) groups is 1. The normalized spacial score (nSPS) is 20.4. The molecule has 116 valence electrons. The van der Waals surface area contributed by atoms with Gasteiger partial charge in [-0.1, -0.05) is 12.1 Å². The molecular formula is C16H24N2O3. The average Bonchev–Trinajstić information content (AvgIpc) is 2.50. The molecule has 0 aliphatic carbocycles. The molecule has 1 atom stereocenters. The van der Waals surface area contributed by atoms with E-state index in [1.807, 2.05) is 38.4 Å². The number of ether oxygens (including phenoxy) is 2. The highest BCUT2D eigenvalue weighted by atomic mass is 16.5. The molecule has 21 heavy (non-hydrogen) atoms. The highest BCUT2D eigenvalue weighted by Gasteiger charge is 2.30. The van der Waals surface area contributed by atoms with E-state index in [0.29, 0.717) is 24.5 Å². The van der Waals surface area contributed by atoms with Gasteiger partial charge < -0.3 is 14.4 Å². The van der Waals surface area contributed by atoms with Crippen LogP contribution in [0.3, 0.4) is 0 Å². The number of benzene rings is 1. The molecule has 2 rings (SSSR count). The summed E-state index contributed by atoms with van der Waals surface area (Å²) in [7, 11) is 5.69. The smallest absolute Gasteiger partial charge is 0.184 e. The number of methoxy groups -OCH3 is 1. The molecule has 1 aromatic carbocycles. The quantitative estimate of drug-likeness (QED) is 0.581. The van der Waals surface area contributed by atoms with E-state index in [4.69, 9.17) is 9.47 Å². The SMILES string of the molecule is COCCOc1ccccc1C(=O)C1CN(C)CCN1C. The number of likely N-dealkylation sites (N-methyl/N-ethyl adjacent to an activating group) is 2. The molecule has 0 radical (unpaired) electrons. The summed E-state index contributed by atoms with van der Waals surface area (Å²) in [5.74, 6) is 0.762. The van der Waals surface area contributed by atoms with Crippen molar-refractivity contribution >= 4 is 5.78 Å². The van der Waals surface area contributed by atoms with Crippen LogP contribution in [0.4, 0.5) is 0 Å². The second-order valence-electron chi connectivity index (χ2n) is 5.46. The molecule has 0 aromatic heterocycles. The molecule has 1 unspecified atom stereocenters. The van der Waals surface area contributed by atoms with Crippen LogP contribution in [0.25, 0.3) is 0 Å². The summed E-state index contributed by atoms with van der Waals surface area (Å²) >= 11 is 0. The van der Waals surface area contributed by atoms with Crippen molar-refractivity contribution < 1.29 is 14.3 Å². The van der Waals surface area contributed by atoms with Crippen LogP contribution in [0.5, 0.6) is 5.75 Å². The van der Waals surface area contributed by atoms with Gasteiger partial charge in [0.25, 0.3) is 0 Å². The van der Waals surface area contributed by atoms with Crippen LogP contribution in [-0.2, 0) is 4.74 Å².